The van der Waals surface area contributed by atoms with Crippen LogP contribution in [0.1, 0.15) is 18.9 Å². The minimum Gasteiger partial charge on any atom is -0.497 e. The summed E-state index contributed by atoms with van der Waals surface area (Å²) in [7, 11) is 1.60. The fraction of sp³-hybridized carbons (Fsp3) is 0.222. The maximum absolute atomic E-state index is 11.8. The zero-order chi connectivity index (χ0) is 16.5. The molecule has 5 nitrogen and oxygen atoms in total. The molecule has 2 aromatic carbocycles. The number of carbonyl (C=O) groups is 1. The predicted molar refractivity (Wildman–Crippen MR) is 89.9 cm³/mol. The molecule has 0 fully saturated rings. The van der Waals surface area contributed by atoms with Crippen LogP contribution >= 0.6 is 0 Å². The first kappa shape index (κ1) is 16.5. The van der Waals surface area contributed by atoms with Gasteiger partial charge in [0.1, 0.15) is 11.5 Å². The van der Waals surface area contributed by atoms with Crippen LogP contribution < -0.4 is 14.9 Å². The summed E-state index contributed by atoms with van der Waals surface area (Å²) in [6, 6.07) is 16.8. The van der Waals surface area contributed by atoms with E-state index in [2.05, 4.69) is 10.5 Å². The van der Waals surface area contributed by atoms with Gasteiger partial charge in [0.05, 0.1) is 12.8 Å². The molecule has 2 rings (SSSR count). The molecule has 2 aromatic rings. The molecule has 0 heterocycles. The highest BCUT2D eigenvalue weighted by molar-refractivity contribution is 6.00. The van der Waals surface area contributed by atoms with E-state index in [0.29, 0.717) is 5.75 Å². The van der Waals surface area contributed by atoms with E-state index < -0.39 is 0 Å². The highest BCUT2D eigenvalue weighted by Gasteiger charge is 2.04. The third kappa shape index (κ3) is 5.14. The van der Waals surface area contributed by atoms with Crippen LogP contribution in [0.2, 0.25) is 0 Å². The fourth-order valence-electron chi connectivity index (χ4n) is 1.96. The third-order valence-electron chi connectivity index (χ3n) is 3.19. The number of ether oxygens (including phenoxy) is 2. The van der Waals surface area contributed by atoms with Gasteiger partial charge in [0.2, 0.25) is 0 Å². The Bertz CT molecular complexity index is 652. The van der Waals surface area contributed by atoms with Gasteiger partial charge in [0.25, 0.3) is 5.91 Å². The van der Waals surface area contributed by atoms with Crippen LogP contribution in [-0.4, -0.2) is 25.3 Å². The molecule has 0 spiro atoms. The van der Waals surface area contributed by atoms with Gasteiger partial charge in [-0.05, 0) is 36.2 Å². The highest BCUT2D eigenvalue weighted by atomic mass is 16.5. The SMILES string of the molecule is CC/C(=N/NC(=O)COc1ccc(OC)cc1)c1ccccc1. The number of nitrogens with one attached hydrogen (secondary N) is 1. The standard InChI is InChI=1S/C18H20N2O3/c1-3-17(14-7-5-4-6-8-14)19-20-18(21)13-23-16-11-9-15(22-2)10-12-16/h4-12H,3,13H2,1-2H3,(H,20,21)/b19-17-. The van der Waals surface area contributed by atoms with Crippen molar-refractivity contribution in [3.05, 3.63) is 60.2 Å². The van der Waals surface area contributed by atoms with Crippen molar-refractivity contribution in [3.63, 3.8) is 0 Å². The molecule has 0 aromatic heterocycles. The first-order valence-corrected chi connectivity index (χ1v) is 7.40. The van der Waals surface area contributed by atoms with Crippen molar-refractivity contribution in [3.8, 4) is 11.5 Å². The molecule has 0 bridgehead atoms. The molecule has 1 amide bonds. The Kier molecular flexibility index (Phi) is 6.17. The maximum Gasteiger partial charge on any atom is 0.277 e. The molecule has 0 aliphatic carbocycles. The molecule has 0 saturated carbocycles. The number of methoxy groups -OCH3 is 1. The highest BCUT2D eigenvalue weighted by Crippen LogP contribution is 2.16. The summed E-state index contributed by atoms with van der Waals surface area (Å²) in [6.07, 6.45) is 0.726. The van der Waals surface area contributed by atoms with E-state index in [1.165, 1.54) is 0 Å². The monoisotopic (exact) mass is 312 g/mol. The van der Waals surface area contributed by atoms with Crippen molar-refractivity contribution in [2.24, 2.45) is 5.10 Å². The number of hydrogen-bond donors (Lipinski definition) is 1. The van der Waals surface area contributed by atoms with Crippen molar-refractivity contribution in [1.29, 1.82) is 0 Å². The van der Waals surface area contributed by atoms with Crippen LogP contribution in [0, 0.1) is 0 Å². The van der Waals surface area contributed by atoms with Crippen LogP contribution in [0.25, 0.3) is 0 Å². The van der Waals surface area contributed by atoms with E-state index in [1.807, 2.05) is 37.3 Å². The second kappa shape index (κ2) is 8.58. The Morgan fingerprint density at radius 3 is 2.30 bits per heavy atom. The lowest BCUT2D eigenvalue weighted by atomic mass is 10.1. The number of hydrazone groups is 1. The number of nitrogens with zero attached hydrogens (tertiary/aromatic N) is 1. The lowest BCUT2D eigenvalue weighted by Gasteiger charge is -2.07. The summed E-state index contributed by atoms with van der Waals surface area (Å²) in [5.41, 5.74) is 4.34. The third-order valence-corrected chi connectivity index (χ3v) is 3.19. The van der Waals surface area contributed by atoms with Gasteiger partial charge in [-0.2, -0.15) is 5.10 Å². The normalized spacial score (nSPS) is 11.0. The minimum atomic E-state index is -0.303. The summed E-state index contributed by atoms with van der Waals surface area (Å²) in [5.74, 6) is 1.04. The van der Waals surface area contributed by atoms with Gasteiger partial charge in [-0.1, -0.05) is 37.3 Å². The van der Waals surface area contributed by atoms with Crippen LogP contribution in [0.3, 0.4) is 0 Å². The lowest BCUT2D eigenvalue weighted by molar-refractivity contribution is -0.123. The van der Waals surface area contributed by atoms with Gasteiger partial charge >= 0.3 is 0 Å². The average molecular weight is 312 g/mol. The molecule has 0 atom stereocenters. The Balaban J connectivity index is 1.87. The summed E-state index contributed by atoms with van der Waals surface area (Å²) >= 11 is 0. The second-order valence-electron chi connectivity index (χ2n) is 4.78. The van der Waals surface area contributed by atoms with Crippen LogP contribution in [0.5, 0.6) is 11.5 Å². The Labute approximate surface area is 135 Å². The number of benzene rings is 2. The number of hydrogen-bond acceptors (Lipinski definition) is 4. The lowest BCUT2D eigenvalue weighted by Crippen LogP contribution is -2.26. The van der Waals surface area contributed by atoms with Gasteiger partial charge in [-0.25, -0.2) is 5.43 Å². The van der Waals surface area contributed by atoms with Crippen molar-refractivity contribution in [2.75, 3.05) is 13.7 Å². The van der Waals surface area contributed by atoms with Gasteiger partial charge in [0, 0.05) is 0 Å². The molecule has 0 saturated heterocycles. The van der Waals surface area contributed by atoms with Crippen LogP contribution in [0.4, 0.5) is 0 Å². The van der Waals surface area contributed by atoms with Crippen molar-refractivity contribution in [2.45, 2.75) is 13.3 Å². The summed E-state index contributed by atoms with van der Waals surface area (Å²) in [5, 5.41) is 4.17. The van der Waals surface area contributed by atoms with Crippen LogP contribution in [0.15, 0.2) is 59.7 Å². The van der Waals surface area contributed by atoms with E-state index >= 15 is 0 Å². The number of amides is 1. The number of carbonyl (C=O) groups excluding carboxylic acids is 1. The fourth-order valence-corrected chi connectivity index (χ4v) is 1.96. The maximum atomic E-state index is 11.8. The number of rotatable bonds is 7. The first-order chi connectivity index (χ1) is 11.2. The van der Waals surface area contributed by atoms with Gasteiger partial charge < -0.3 is 9.47 Å². The Hall–Kier alpha value is -2.82. The minimum absolute atomic E-state index is 0.0956. The summed E-state index contributed by atoms with van der Waals surface area (Å²) < 4.78 is 10.5. The average Bonchev–Trinajstić information content (AvgIpc) is 2.62. The first-order valence-electron chi connectivity index (χ1n) is 7.40. The molecule has 23 heavy (non-hydrogen) atoms. The smallest absolute Gasteiger partial charge is 0.277 e. The largest absolute Gasteiger partial charge is 0.497 e. The topological polar surface area (TPSA) is 59.9 Å². The zero-order valence-electron chi connectivity index (χ0n) is 13.3. The second-order valence-corrected chi connectivity index (χ2v) is 4.78. The van der Waals surface area contributed by atoms with E-state index in [0.717, 1.165) is 23.4 Å². The Morgan fingerprint density at radius 2 is 1.70 bits per heavy atom. The molecule has 120 valence electrons. The van der Waals surface area contributed by atoms with E-state index in [9.17, 15) is 4.79 Å². The van der Waals surface area contributed by atoms with Crippen molar-refractivity contribution >= 4 is 11.6 Å². The van der Waals surface area contributed by atoms with E-state index in [1.54, 1.807) is 31.4 Å². The quantitative estimate of drug-likeness (QED) is 0.631. The molecule has 0 aliphatic heterocycles. The molecule has 0 radical (unpaired) electrons. The summed E-state index contributed by atoms with van der Waals surface area (Å²) in [4.78, 5) is 11.8. The van der Waals surface area contributed by atoms with E-state index in [-0.39, 0.29) is 12.5 Å². The molecule has 0 unspecified atom stereocenters. The molecular formula is C18H20N2O3. The molecule has 5 heteroatoms. The van der Waals surface area contributed by atoms with Gasteiger partial charge in [-0.3, -0.25) is 4.79 Å². The van der Waals surface area contributed by atoms with E-state index in [4.69, 9.17) is 9.47 Å². The molecule has 0 aliphatic rings. The summed E-state index contributed by atoms with van der Waals surface area (Å²) in [6.45, 7) is 1.90. The van der Waals surface area contributed by atoms with Crippen LogP contribution in [-0.2, 0) is 4.79 Å². The molecular weight excluding hydrogens is 292 g/mol. The predicted octanol–water partition coefficient (Wildman–Crippen LogP) is 3.00. The Morgan fingerprint density at radius 1 is 1.04 bits per heavy atom. The van der Waals surface area contributed by atoms with Gasteiger partial charge in [-0.15, -0.1) is 0 Å². The zero-order valence-corrected chi connectivity index (χ0v) is 13.3. The van der Waals surface area contributed by atoms with Crippen molar-refractivity contribution < 1.29 is 14.3 Å². The van der Waals surface area contributed by atoms with Gasteiger partial charge in [0.15, 0.2) is 6.61 Å². The van der Waals surface area contributed by atoms with Crippen molar-refractivity contribution in [1.82, 2.24) is 5.43 Å². The molecule has 1 N–H and O–H groups in total.